The maximum absolute atomic E-state index is 11.5. The summed E-state index contributed by atoms with van der Waals surface area (Å²) in [7, 11) is 0. The molecule has 0 atom stereocenters. The highest BCUT2D eigenvalue weighted by molar-refractivity contribution is 9.09. The molecule has 0 aliphatic carbocycles. The van der Waals surface area contributed by atoms with Crippen molar-refractivity contribution in [2.75, 3.05) is 71.3 Å². The van der Waals surface area contributed by atoms with Gasteiger partial charge in [0.2, 0.25) is 11.8 Å². The zero-order chi connectivity index (χ0) is 18.6. The number of amides is 2. The molecule has 8 nitrogen and oxygen atoms in total. The van der Waals surface area contributed by atoms with Crippen molar-refractivity contribution in [3.8, 4) is 0 Å². The van der Waals surface area contributed by atoms with Crippen molar-refractivity contribution < 1.29 is 28.5 Å². The lowest BCUT2D eigenvalue weighted by Crippen LogP contribution is -2.32. The molecule has 0 saturated carbocycles. The fraction of sp³-hybridized carbons (Fsp3) is 0.875. The number of alkyl halides is 1. The molecule has 9 heteroatoms. The first-order valence-corrected chi connectivity index (χ1v) is 9.73. The number of rotatable bonds is 18. The summed E-state index contributed by atoms with van der Waals surface area (Å²) in [5, 5.41) is 5.56. The Labute approximate surface area is 158 Å². The van der Waals surface area contributed by atoms with Gasteiger partial charge in [-0.25, -0.2) is 0 Å². The second-order valence-corrected chi connectivity index (χ2v) is 5.59. The van der Waals surface area contributed by atoms with Gasteiger partial charge in [-0.15, -0.1) is 0 Å². The second kappa shape index (κ2) is 19.6. The van der Waals surface area contributed by atoms with E-state index in [9.17, 15) is 9.59 Å². The first-order valence-electron chi connectivity index (χ1n) is 8.61. The molecule has 0 aromatic carbocycles. The largest absolute Gasteiger partial charge is 0.379 e. The van der Waals surface area contributed by atoms with Gasteiger partial charge >= 0.3 is 0 Å². The smallest absolute Gasteiger partial charge is 0.230 e. The van der Waals surface area contributed by atoms with Crippen LogP contribution in [-0.2, 0) is 28.5 Å². The molecular formula is C16H31BrN2O6. The van der Waals surface area contributed by atoms with E-state index in [2.05, 4.69) is 33.5 Å². The van der Waals surface area contributed by atoms with Crippen LogP contribution in [0.3, 0.4) is 0 Å². The first-order chi connectivity index (χ1) is 12.2. The van der Waals surface area contributed by atoms with Gasteiger partial charge in [0, 0.05) is 26.1 Å². The van der Waals surface area contributed by atoms with Gasteiger partial charge in [0.15, 0.2) is 0 Å². The van der Waals surface area contributed by atoms with Crippen molar-refractivity contribution in [2.24, 2.45) is 0 Å². The van der Waals surface area contributed by atoms with E-state index in [1.165, 1.54) is 0 Å². The average molecular weight is 427 g/mol. The maximum Gasteiger partial charge on any atom is 0.230 e. The molecule has 2 amide bonds. The van der Waals surface area contributed by atoms with E-state index in [0.717, 1.165) is 13.0 Å². The Morgan fingerprint density at radius 1 is 0.720 bits per heavy atom. The summed E-state index contributed by atoms with van der Waals surface area (Å²) in [6.07, 6.45) is 1.27. The summed E-state index contributed by atoms with van der Waals surface area (Å²) in [6.45, 7) is 7.25. The molecule has 25 heavy (non-hydrogen) atoms. The van der Waals surface area contributed by atoms with Gasteiger partial charge in [-0.05, 0) is 6.42 Å². The molecule has 0 aliphatic rings. The lowest BCUT2D eigenvalue weighted by atomic mass is 10.4. The van der Waals surface area contributed by atoms with Crippen molar-refractivity contribution in [3.05, 3.63) is 0 Å². The molecule has 0 fully saturated rings. The normalized spacial score (nSPS) is 10.6. The molecule has 0 spiro atoms. The highest BCUT2D eigenvalue weighted by atomic mass is 79.9. The highest BCUT2D eigenvalue weighted by Crippen LogP contribution is 1.85. The molecule has 2 N–H and O–H groups in total. The number of ether oxygens (including phenoxy) is 4. The summed E-state index contributed by atoms with van der Waals surface area (Å²) in [6, 6.07) is 0. The molecule has 148 valence electrons. The van der Waals surface area contributed by atoms with E-state index >= 15 is 0 Å². The van der Waals surface area contributed by atoms with Crippen molar-refractivity contribution >= 4 is 27.7 Å². The summed E-state index contributed by atoms with van der Waals surface area (Å²) in [5.74, 6) is -0.249. The minimum atomic E-state index is -0.133. The standard InChI is InChI=1S/C16H31BrN2O6/c1-2-6-22-8-10-24-12-13-25-11-9-23-7-5-19-15(20)3-4-18-16(21)14-17/h2-14H2,1H3,(H,18,21)(H,19,20). The van der Waals surface area contributed by atoms with Crippen molar-refractivity contribution in [2.45, 2.75) is 19.8 Å². The van der Waals surface area contributed by atoms with Gasteiger partial charge in [0.05, 0.1) is 51.6 Å². The number of hydrogen-bond acceptors (Lipinski definition) is 6. The summed E-state index contributed by atoms with van der Waals surface area (Å²) < 4.78 is 21.3. The quantitative estimate of drug-likeness (QED) is 0.244. The predicted octanol–water partition coefficient (Wildman–Crippen LogP) is 0.480. The van der Waals surface area contributed by atoms with Crippen LogP contribution in [0.25, 0.3) is 0 Å². The Morgan fingerprint density at radius 3 is 1.72 bits per heavy atom. The van der Waals surface area contributed by atoms with E-state index in [0.29, 0.717) is 59.3 Å². The van der Waals surface area contributed by atoms with Crippen LogP contribution in [0.2, 0.25) is 0 Å². The Hall–Kier alpha value is -0.740. The second-order valence-electron chi connectivity index (χ2n) is 5.03. The number of nitrogens with one attached hydrogen (secondary N) is 2. The molecule has 0 aliphatic heterocycles. The molecule has 0 aromatic rings. The lowest BCUT2D eigenvalue weighted by Gasteiger charge is -2.08. The van der Waals surface area contributed by atoms with E-state index < -0.39 is 0 Å². The van der Waals surface area contributed by atoms with E-state index in [-0.39, 0.29) is 23.6 Å². The third-order valence-corrected chi connectivity index (χ3v) is 3.34. The van der Waals surface area contributed by atoms with Crippen LogP contribution in [0.15, 0.2) is 0 Å². The molecule has 0 heterocycles. The van der Waals surface area contributed by atoms with Crippen molar-refractivity contribution in [1.82, 2.24) is 10.6 Å². The zero-order valence-corrected chi connectivity index (χ0v) is 16.6. The molecule has 0 radical (unpaired) electrons. The Morgan fingerprint density at radius 2 is 1.20 bits per heavy atom. The number of hydrogen-bond donors (Lipinski definition) is 2. The van der Waals surface area contributed by atoms with Gasteiger partial charge in [-0.1, -0.05) is 22.9 Å². The van der Waals surface area contributed by atoms with Gasteiger partial charge in [0.1, 0.15) is 0 Å². The van der Waals surface area contributed by atoms with Crippen LogP contribution >= 0.6 is 15.9 Å². The number of halogens is 1. The molecule has 0 aromatic heterocycles. The van der Waals surface area contributed by atoms with Gasteiger partial charge < -0.3 is 29.6 Å². The fourth-order valence-corrected chi connectivity index (χ4v) is 1.82. The number of carbonyl (C=O) groups is 2. The summed E-state index contributed by atoms with van der Waals surface area (Å²) >= 11 is 3.03. The Bertz CT molecular complexity index is 334. The Kier molecular flexibility index (Phi) is 19.0. The molecule has 0 unspecified atom stereocenters. The summed E-state index contributed by atoms with van der Waals surface area (Å²) in [4.78, 5) is 22.4. The summed E-state index contributed by atoms with van der Waals surface area (Å²) in [5.41, 5.74) is 0. The lowest BCUT2D eigenvalue weighted by molar-refractivity contribution is -0.121. The van der Waals surface area contributed by atoms with Crippen molar-refractivity contribution in [3.63, 3.8) is 0 Å². The number of carbonyl (C=O) groups excluding carboxylic acids is 2. The van der Waals surface area contributed by atoms with Gasteiger partial charge in [0.25, 0.3) is 0 Å². The molecule has 0 rings (SSSR count). The van der Waals surface area contributed by atoms with Crippen LogP contribution in [0.1, 0.15) is 19.8 Å². The first kappa shape index (κ1) is 24.3. The third-order valence-electron chi connectivity index (χ3n) is 2.83. The molecular weight excluding hydrogens is 396 g/mol. The van der Waals surface area contributed by atoms with Gasteiger partial charge in [-0.3, -0.25) is 9.59 Å². The van der Waals surface area contributed by atoms with E-state index in [1.54, 1.807) is 0 Å². The van der Waals surface area contributed by atoms with Gasteiger partial charge in [-0.2, -0.15) is 0 Å². The van der Waals surface area contributed by atoms with Crippen LogP contribution in [-0.4, -0.2) is 83.1 Å². The minimum absolute atomic E-state index is 0.116. The monoisotopic (exact) mass is 426 g/mol. The van der Waals surface area contributed by atoms with E-state index in [1.807, 2.05) is 0 Å². The average Bonchev–Trinajstić information content (AvgIpc) is 2.61. The highest BCUT2D eigenvalue weighted by Gasteiger charge is 2.02. The zero-order valence-electron chi connectivity index (χ0n) is 15.0. The fourth-order valence-electron chi connectivity index (χ4n) is 1.62. The molecule has 0 saturated heterocycles. The molecule has 0 bridgehead atoms. The van der Waals surface area contributed by atoms with Crippen LogP contribution in [0, 0.1) is 0 Å². The third kappa shape index (κ3) is 19.4. The van der Waals surface area contributed by atoms with E-state index in [4.69, 9.17) is 18.9 Å². The Balaban J connectivity index is 3.15. The topological polar surface area (TPSA) is 95.1 Å². The maximum atomic E-state index is 11.5. The SMILES string of the molecule is CCCOCCOCCOCCOCCNC(=O)CCNC(=O)CBr. The van der Waals surface area contributed by atoms with Crippen molar-refractivity contribution in [1.29, 1.82) is 0 Å². The van der Waals surface area contributed by atoms with Crippen LogP contribution in [0.5, 0.6) is 0 Å². The minimum Gasteiger partial charge on any atom is -0.379 e. The van der Waals surface area contributed by atoms with Crippen LogP contribution in [0.4, 0.5) is 0 Å². The predicted molar refractivity (Wildman–Crippen MR) is 98.0 cm³/mol. The van der Waals surface area contributed by atoms with Crippen LogP contribution < -0.4 is 10.6 Å².